The van der Waals surface area contributed by atoms with Gasteiger partial charge in [-0.05, 0) is 30.9 Å². The number of aliphatic hydroxyl groups excluding tert-OH is 5. The molecule has 2 aliphatic carbocycles. The van der Waals surface area contributed by atoms with Gasteiger partial charge in [0, 0.05) is 35.4 Å². The molecule has 14 nitrogen and oxygen atoms in total. The van der Waals surface area contributed by atoms with Crippen LogP contribution in [0.25, 0.3) is 0 Å². The summed E-state index contributed by atoms with van der Waals surface area (Å²) in [5, 5.41) is 65.2. The van der Waals surface area contributed by atoms with Gasteiger partial charge in [0.05, 0.1) is 37.5 Å². The maximum Gasteiger partial charge on any atom is 0.229 e. The Hall–Kier alpha value is -3.79. The van der Waals surface area contributed by atoms with Gasteiger partial charge in [-0.1, -0.05) is 0 Å². The van der Waals surface area contributed by atoms with E-state index >= 15 is 0 Å². The predicted octanol–water partition coefficient (Wildman–Crippen LogP) is -1.24. The van der Waals surface area contributed by atoms with Crippen LogP contribution in [0.3, 0.4) is 0 Å². The number of aromatic hydroxyl groups is 1. The molecular formula is C28H33N3O11. The SMILES string of the molecule is CN=C(N)N[C@H]1CCCc2cc3c(c(O)c21)C(=O)c1c(O[C@H]2O[C@H](CO)[C@@H](O)[C@H](O)[C@H]2O)cc(OC)c(CO)c1C3=O. The van der Waals surface area contributed by atoms with Gasteiger partial charge in [0.1, 0.15) is 41.7 Å². The van der Waals surface area contributed by atoms with Crippen molar-refractivity contribution in [2.24, 2.45) is 10.7 Å². The van der Waals surface area contributed by atoms with Crippen molar-refractivity contribution >= 4 is 17.5 Å². The molecule has 2 aromatic carbocycles. The van der Waals surface area contributed by atoms with Gasteiger partial charge >= 0.3 is 0 Å². The number of hydrogen-bond donors (Lipinski definition) is 8. The quantitative estimate of drug-likeness (QED) is 0.125. The third-order valence-electron chi connectivity index (χ3n) is 8.03. The Morgan fingerprint density at radius 2 is 1.81 bits per heavy atom. The molecule has 0 radical (unpaired) electrons. The Balaban J connectivity index is 1.67. The van der Waals surface area contributed by atoms with Crippen molar-refractivity contribution in [3.63, 3.8) is 0 Å². The molecule has 1 aliphatic heterocycles. The summed E-state index contributed by atoms with van der Waals surface area (Å²) in [5.74, 6) is -2.09. The molecule has 0 bridgehead atoms. The molecule has 9 N–H and O–H groups in total. The molecule has 6 atom stereocenters. The van der Waals surface area contributed by atoms with Crippen LogP contribution in [-0.2, 0) is 17.8 Å². The highest BCUT2D eigenvalue weighted by molar-refractivity contribution is 6.31. The zero-order valence-electron chi connectivity index (χ0n) is 22.9. The number of carbonyl (C=O) groups is 2. The largest absolute Gasteiger partial charge is 0.507 e. The second-order valence-electron chi connectivity index (χ2n) is 10.4. The zero-order valence-corrected chi connectivity index (χ0v) is 22.9. The van der Waals surface area contributed by atoms with Gasteiger partial charge in [0.25, 0.3) is 0 Å². The Morgan fingerprint density at radius 3 is 2.45 bits per heavy atom. The molecule has 0 amide bonds. The number of rotatable bonds is 6. The molecule has 14 heteroatoms. The van der Waals surface area contributed by atoms with Crippen molar-refractivity contribution in [2.45, 2.75) is 62.6 Å². The number of guanidine groups is 1. The molecule has 2 aromatic rings. The predicted molar refractivity (Wildman–Crippen MR) is 145 cm³/mol. The Bertz CT molecular complexity index is 1460. The van der Waals surface area contributed by atoms with E-state index in [4.69, 9.17) is 19.9 Å². The van der Waals surface area contributed by atoms with Crippen molar-refractivity contribution in [2.75, 3.05) is 20.8 Å². The highest BCUT2D eigenvalue weighted by atomic mass is 16.7. The molecule has 3 aliphatic rings. The van der Waals surface area contributed by atoms with Crippen LogP contribution in [0.1, 0.15) is 67.4 Å². The van der Waals surface area contributed by atoms with Gasteiger partial charge in [0.15, 0.2) is 11.7 Å². The number of hydrogen-bond acceptors (Lipinski definition) is 12. The average Bonchev–Trinajstić information content (AvgIpc) is 2.99. The first kappa shape index (κ1) is 29.7. The first-order valence-electron chi connectivity index (χ1n) is 13.4. The standard InChI is InChI=1S/C28H33N3O11/c1-30-28(29)31-13-5-3-4-10-6-11-19(23(36)17(10)13)24(37)20-15(7-14(40-2)12(8-32)18(20)21(11)34)41-27-26(39)25(38)22(35)16(9-33)42-27/h6-7,13,16,22,25-27,32-33,35-36,38-39H,3-5,8-9H2,1-2H3,(H3,29,30,31)/t13-,16+,22+,25-,26+,27-/m0/s1. The summed E-state index contributed by atoms with van der Waals surface area (Å²) in [6.45, 7) is -1.40. The van der Waals surface area contributed by atoms with E-state index in [1.807, 2.05) is 0 Å². The fourth-order valence-electron chi connectivity index (χ4n) is 5.90. The fraction of sp³-hybridized carbons (Fsp3) is 0.464. The van der Waals surface area contributed by atoms with Gasteiger partial charge in [0.2, 0.25) is 12.1 Å². The van der Waals surface area contributed by atoms with E-state index in [9.17, 15) is 40.2 Å². The first-order chi connectivity index (χ1) is 20.1. The maximum atomic E-state index is 14.2. The Morgan fingerprint density at radius 1 is 1.07 bits per heavy atom. The van der Waals surface area contributed by atoms with Crippen molar-refractivity contribution in [1.29, 1.82) is 0 Å². The maximum absolute atomic E-state index is 14.2. The lowest BCUT2D eigenvalue weighted by Crippen LogP contribution is -2.60. The van der Waals surface area contributed by atoms with Crippen LogP contribution in [0, 0.1) is 0 Å². The monoisotopic (exact) mass is 587 g/mol. The van der Waals surface area contributed by atoms with Crippen molar-refractivity contribution in [3.8, 4) is 17.2 Å². The van der Waals surface area contributed by atoms with Gasteiger partial charge in [-0.25, -0.2) is 0 Å². The van der Waals surface area contributed by atoms with Crippen LogP contribution < -0.4 is 20.5 Å². The molecule has 0 aromatic heterocycles. The number of benzene rings is 2. The van der Waals surface area contributed by atoms with Crippen molar-refractivity contribution < 1.29 is 54.4 Å². The van der Waals surface area contributed by atoms with Gasteiger partial charge in [-0.2, -0.15) is 0 Å². The number of fused-ring (bicyclic) bond motifs is 3. The number of aryl methyl sites for hydroxylation is 1. The van der Waals surface area contributed by atoms with Crippen LogP contribution in [0.15, 0.2) is 17.1 Å². The molecule has 1 saturated heterocycles. The number of nitrogens with one attached hydrogen (secondary N) is 1. The van der Waals surface area contributed by atoms with E-state index in [0.717, 1.165) is 0 Å². The molecule has 1 fully saturated rings. The minimum atomic E-state index is -1.82. The summed E-state index contributed by atoms with van der Waals surface area (Å²) in [5.41, 5.74) is 6.04. The summed E-state index contributed by atoms with van der Waals surface area (Å²) < 4.78 is 16.6. The number of aliphatic hydroxyl groups is 5. The zero-order chi connectivity index (χ0) is 30.5. The van der Waals surface area contributed by atoms with E-state index in [1.165, 1.54) is 20.2 Å². The van der Waals surface area contributed by atoms with Gasteiger partial charge in [-0.3, -0.25) is 14.6 Å². The van der Waals surface area contributed by atoms with Crippen LogP contribution >= 0.6 is 0 Å². The van der Waals surface area contributed by atoms with E-state index in [1.54, 1.807) is 6.07 Å². The van der Waals surface area contributed by atoms with E-state index in [-0.39, 0.29) is 45.3 Å². The molecular weight excluding hydrogens is 554 g/mol. The van der Waals surface area contributed by atoms with E-state index in [0.29, 0.717) is 30.4 Å². The minimum Gasteiger partial charge on any atom is -0.507 e. The smallest absolute Gasteiger partial charge is 0.229 e. The van der Waals surface area contributed by atoms with Crippen molar-refractivity contribution in [1.82, 2.24) is 5.32 Å². The molecule has 226 valence electrons. The molecule has 0 spiro atoms. The van der Waals surface area contributed by atoms with Crippen molar-refractivity contribution in [3.05, 3.63) is 51.1 Å². The van der Waals surface area contributed by atoms with Crippen LogP contribution in [0.4, 0.5) is 0 Å². The number of aliphatic imine (C=N–C) groups is 1. The van der Waals surface area contributed by atoms with Gasteiger partial charge in [-0.15, -0.1) is 0 Å². The number of ether oxygens (including phenoxy) is 3. The van der Waals surface area contributed by atoms with Crippen LogP contribution in [0.2, 0.25) is 0 Å². The summed E-state index contributed by atoms with van der Waals surface area (Å²) in [4.78, 5) is 32.1. The normalized spacial score (nSPS) is 27.2. The lowest BCUT2D eigenvalue weighted by atomic mass is 9.76. The summed E-state index contributed by atoms with van der Waals surface area (Å²) in [6, 6.07) is 2.28. The fourth-order valence-corrected chi connectivity index (χ4v) is 5.90. The third kappa shape index (κ3) is 4.65. The number of nitrogens with two attached hydrogens (primary N) is 1. The van der Waals surface area contributed by atoms with Crippen LogP contribution in [-0.4, -0.2) is 99.6 Å². The second kappa shape index (κ2) is 11.5. The summed E-state index contributed by atoms with van der Waals surface area (Å²) in [7, 11) is 2.78. The third-order valence-corrected chi connectivity index (χ3v) is 8.03. The molecule has 0 unspecified atom stereocenters. The summed E-state index contributed by atoms with van der Waals surface area (Å²) >= 11 is 0. The number of phenols is 1. The first-order valence-corrected chi connectivity index (χ1v) is 13.4. The molecule has 0 saturated carbocycles. The number of ketones is 2. The molecule has 5 rings (SSSR count). The molecule has 1 heterocycles. The lowest BCUT2D eigenvalue weighted by molar-refractivity contribution is -0.277. The number of phenolic OH excluding ortho intramolecular Hbond substituents is 1. The van der Waals surface area contributed by atoms with Gasteiger partial charge < -0.3 is 55.9 Å². The van der Waals surface area contributed by atoms with E-state index < -0.39 is 67.3 Å². The number of carbonyl (C=O) groups excluding carboxylic acids is 2. The highest BCUT2D eigenvalue weighted by Crippen LogP contribution is 2.47. The van der Waals surface area contributed by atoms with Crippen LogP contribution in [0.5, 0.6) is 17.2 Å². The number of nitrogens with zero attached hydrogens (tertiary/aromatic N) is 1. The number of methoxy groups -OCH3 is 1. The van der Waals surface area contributed by atoms with E-state index in [2.05, 4.69) is 10.3 Å². The Kier molecular flexibility index (Phi) is 8.11. The average molecular weight is 588 g/mol. The Labute approximate surface area is 240 Å². The summed E-state index contributed by atoms with van der Waals surface area (Å²) in [6.07, 6.45) is -6.43. The lowest BCUT2D eigenvalue weighted by Gasteiger charge is -2.40. The second-order valence-corrected chi connectivity index (χ2v) is 10.4. The minimum absolute atomic E-state index is 0.00124. The molecule has 42 heavy (non-hydrogen) atoms. The topological polar surface area (TPSA) is 234 Å². The highest BCUT2D eigenvalue weighted by Gasteiger charge is 2.46.